The molecule has 0 aliphatic carbocycles. The summed E-state index contributed by atoms with van der Waals surface area (Å²) in [5, 5.41) is 6.85. The Kier molecular flexibility index (Phi) is 7.94. The summed E-state index contributed by atoms with van der Waals surface area (Å²) in [4.78, 5) is 13.6. The Balaban J connectivity index is 0.00000392. The molecule has 0 fully saturated rings. The minimum absolute atomic E-state index is 0. The predicted molar refractivity (Wildman–Crippen MR) is 98.0 cm³/mol. The van der Waals surface area contributed by atoms with Gasteiger partial charge in [0, 0.05) is 19.6 Å². The summed E-state index contributed by atoms with van der Waals surface area (Å²) in [7, 11) is 1.37. The number of halogens is 5. The summed E-state index contributed by atoms with van der Waals surface area (Å²) in [6.07, 6.45) is -4.48. The highest BCUT2D eigenvalue weighted by molar-refractivity contribution is 5.93. The Morgan fingerprint density at radius 3 is 2.50 bits per heavy atom. The van der Waals surface area contributed by atoms with Gasteiger partial charge in [0.2, 0.25) is 0 Å². The zero-order valence-corrected chi connectivity index (χ0v) is 16.4. The summed E-state index contributed by atoms with van der Waals surface area (Å²) in [6, 6.07) is 4.26. The van der Waals surface area contributed by atoms with Crippen molar-refractivity contribution in [2.45, 2.75) is 32.5 Å². The number of carbonyl (C=O) groups excluding carboxylic acids is 1. The highest BCUT2D eigenvalue weighted by Gasteiger charge is 2.42. The number of carbonyl (C=O) groups is 1. The number of amides is 1. The van der Waals surface area contributed by atoms with Crippen LogP contribution in [0, 0.1) is 11.7 Å². The number of nitrogens with zero attached hydrogens (tertiary/aromatic N) is 4. The lowest BCUT2D eigenvalue weighted by Crippen LogP contribution is -2.35. The maximum absolute atomic E-state index is 13.6. The number of hydrogen-bond acceptors (Lipinski definition) is 4. The third-order valence-corrected chi connectivity index (χ3v) is 4.19. The Labute approximate surface area is 166 Å². The largest absolute Gasteiger partial charge is 0.435 e. The summed E-state index contributed by atoms with van der Waals surface area (Å²) in [5.74, 6) is -1.49. The maximum atomic E-state index is 13.6. The smallest absolute Gasteiger partial charge is 0.340 e. The molecule has 1 unspecified atom stereocenters. The fourth-order valence-electron chi connectivity index (χ4n) is 2.43. The molecule has 1 atom stereocenters. The van der Waals surface area contributed by atoms with Gasteiger partial charge in [0.25, 0.3) is 5.91 Å². The molecule has 1 amide bonds. The third-order valence-electron chi connectivity index (χ3n) is 4.19. The van der Waals surface area contributed by atoms with Gasteiger partial charge in [0.05, 0.1) is 5.69 Å². The third kappa shape index (κ3) is 5.41. The van der Waals surface area contributed by atoms with E-state index in [9.17, 15) is 22.4 Å². The molecule has 156 valence electrons. The molecule has 0 saturated heterocycles. The van der Waals surface area contributed by atoms with E-state index >= 15 is 0 Å². The van der Waals surface area contributed by atoms with Gasteiger partial charge in [0.1, 0.15) is 5.82 Å². The van der Waals surface area contributed by atoms with Gasteiger partial charge in [-0.1, -0.05) is 25.1 Å². The lowest BCUT2D eigenvalue weighted by Gasteiger charge is -2.21. The van der Waals surface area contributed by atoms with Crippen LogP contribution in [-0.4, -0.2) is 45.4 Å². The van der Waals surface area contributed by atoms with E-state index in [1.807, 2.05) is 13.8 Å². The Morgan fingerprint density at radius 2 is 1.96 bits per heavy atom. The SMILES string of the molecule is CC(C)C(N)CCN(C)C(=O)c1nnn(-c2cccc(F)c2)c1C(F)(F)F.Cl. The second-order valence-electron chi connectivity index (χ2n) is 6.60. The van der Waals surface area contributed by atoms with Gasteiger partial charge in [-0.3, -0.25) is 4.79 Å². The van der Waals surface area contributed by atoms with Crippen LogP contribution < -0.4 is 5.73 Å². The minimum atomic E-state index is -4.91. The van der Waals surface area contributed by atoms with Gasteiger partial charge in [-0.15, -0.1) is 17.5 Å². The van der Waals surface area contributed by atoms with Gasteiger partial charge in [-0.2, -0.15) is 13.2 Å². The molecule has 1 aromatic carbocycles. The average molecular weight is 424 g/mol. The Morgan fingerprint density at radius 1 is 1.32 bits per heavy atom. The van der Waals surface area contributed by atoms with Gasteiger partial charge < -0.3 is 10.6 Å². The van der Waals surface area contributed by atoms with Gasteiger partial charge in [-0.25, -0.2) is 9.07 Å². The van der Waals surface area contributed by atoms with E-state index in [-0.39, 0.29) is 36.6 Å². The van der Waals surface area contributed by atoms with E-state index in [0.717, 1.165) is 17.0 Å². The van der Waals surface area contributed by atoms with Crippen LogP contribution in [0.3, 0.4) is 0 Å². The molecule has 2 N–H and O–H groups in total. The van der Waals surface area contributed by atoms with Crippen molar-refractivity contribution in [3.63, 3.8) is 0 Å². The molecule has 28 heavy (non-hydrogen) atoms. The molecule has 0 saturated carbocycles. The second kappa shape index (κ2) is 9.33. The molecular formula is C17H22ClF4N5O. The number of aromatic nitrogens is 3. The Bertz CT molecular complexity index is 809. The quantitative estimate of drug-likeness (QED) is 0.723. The summed E-state index contributed by atoms with van der Waals surface area (Å²) >= 11 is 0. The predicted octanol–water partition coefficient (Wildman–Crippen LogP) is 3.29. The molecule has 11 heteroatoms. The van der Waals surface area contributed by atoms with E-state index in [1.54, 1.807) is 0 Å². The molecule has 0 spiro atoms. The highest BCUT2D eigenvalue weighted by Crippen LogP contribution is 2.33. The molecular weight excluding hydrogens is 402 g/mol. The highest BCUT2D eigenvalue weighted by atomic mass is 35.5. The Hall–Kier alpha value is -2.20. The van der Waals surface area contributed by atoms with Crippen molar-refractivity contribution in [1.82, 2.24) is 19.9 Å². The van der Waals surface area contributed by atoms with Crippen LogP contribution in [0.25, 0.3) is 5.69 Å². The van der Waals surface area contributed by atoms with Gasteiger partial charge >= 0.3 is 6.18 Å². The zero-order chi connectivity index (χ0) is 20.4. The normalized spacial score (nSPS) is 12.6. The molecule has 1 aromatic heterocycles. The first kappa shape index (κ1) is 23.8. The van der Waals surface area contributed by atoms with Crippen molar-refractivity contribution in [3.05, 3.63) is 41.5 Å². The molecule has 0 bridgehead atoms. The van der Waals surface area contributed by atoms with Crippen molar-refractivity contribution in [2.75, 3.05) is 13.6 Å². The number of alkyl halides is 3. The van der Waals surface area contributed by atoms with Crippen LogP contribution in [0.15, 0.2) is 24.3 Å². The summed E-state index contributed by atoms with van der Waals surface area (Å²) in [6.45, 7) is 4.00. The summed E-state index contributed by atoms with van der Waals surface area (Å²) < 4.78 is 54.6. The molecule has 1 heterocycles. The van der Waals surface area contributed by atoms with Crippen molar-refractivity contribution in [3.8, 4) is 5.69 Å². The first-order chi connectivity index (χ1) is 12.5. The standard InChI is InChI=1S/C17H21F4N5O.ClH/c1-10(2)13(22)7-8-25(3)16(27)14-15(17(19,20)21)26(24-23-14)12-6-4-5-11(18)9-12;/h4-6,9-10,13H,7-8,22H2,1-3H3;1H. The van der Waals surface area contributed by atoms with Crippen LogP contribution in [0.1, 0.15) is 36.5 Å². The first-order valence-electron chi connectivity index (χ1n) is 8.32. The van der Waals surface area contributed by atoms with E-state index in [0.29, 0.717) is 11.1 Å². The fraction of sp³-hybridized carbons (Fsp3) is 0.471. The zero-order valence-electron chi connectivity index (χ0n) is 15.6. The topological polar surface area (TPSA) is 77.0 Å². The first-order valence-corrected chi connectivity index (χ1v) is 8.32. The monoisotopic (exact) mass is 423 g/mol. The molecule has 2 aromatic rings. The van der Waals surface area contributed by atoms with Crippen LogP contribution in [0.2, 0.25) is 0 Å². The lowest BCUT2D eigenvalue weighted by molar-refractivity contribution is -0.143. The van der Waals surface area contributed by atoms with Crippen LogP contribution in [0.5, 0.6) is 0 Å². The van der Waals surface area contributed by atoms with E-state index in [2.05, 4.69) is 10.3 Å². The van der Waals surface area contributed by atoms with E-state index in [1.165, 1.54) is 19.2 Å². The van der Waals surface area contributed by atoms with Crippen LogP contribution in [0.4, 0.5) is 17.6 Å². The number of benzene rings is 1. The van der Waals surface area contributed by atoms with Crippen LogP contribution >= 0.6 is 12.4 Å². The van der Waals surface area contributed by atoms with Crippen molar-refractivity contribution in [2.24, 2.45) is 11.7 Å². The minimum Gasteiger partial charge on any atom is -0.340 e. The molecule has 0 radical (unpaired) electrons. The number of hydrogen-bond donors (Lipinski definition) is 1. The number of nitrogens with two attached hydrogens (primary N) is 1. The van der Waals surface area contributed by atoms with E-state index in [4.69, 9.17) is 5.73 Å². The van der Waals surface area contributed by atoms with Crippen LogP contribution in [-0.2, 0) is 6.18 Å². The van der Waals surface area contributed by atoms with Crippen molar-refractivity contribution < 1.29 is 22.4 Å². The van der Waals surface area contributed by atoms with E-state index < -0.39 is 29.3 Å². The number of rotatable bonds is 6. The molecule has 0 aliphatic rings. The van der Waals surface area contributed by atoms with Crippen molar-refractivity contribution >= 4 is 18.3 Å². The summed E-state index contributed by atoms with van der Waals surface area (Å²) in [5.41, 5.74) is 3.54. The molecule has 2 rings (SSSR count). The van der Waals surface area contributed by atoms with Gasteiger partial charge in [-0.05, 0) is 30.5 Å². The molecule has 0 aliphatic heterocycles. The lowest BCUT2D eigenvalue weighted by atomic mass is 10.0. The second-order valence-corrected chi connectivity index (χ2v) is 6.60. The maximum Gasteiger partial charge on any atom is 0.435 e. The average Bonchev–Trinajstić information content (AvgIpc) is 3.03. The fourth-order valence-corrected chi connectivity index (χ4v) is 2.43. The van der Waals surface area contributed by atoms with Gasteiger partial charge in [0.15, 0.2) is 11.4 Å². The van der Waals surface area contributed by atoms with Crippen molar-refractivity contribution in [1.29, 1.82) is 0 Å². The molecule has 6 nitrogen and oxygen atoms in total.